The largest absolute Gasteiger partial charge is 0.449 e. The summed E-state index contributed by atoms with van der Waals surface area (Å²) in [5, 5.41) is 8.69. The minimum Gasteiger partial charge on any atom is -0.449 e. The lowest BCUT2D eigenvalue weighted by atomic mass is 9.97. The van der Waals surface area contributed by atoms with E-state index >= 15 is 0 Å². The molecule has 5 aromatic rings. The molecule has 0 aliphatic carbocycles. The Balaban J connectivity index is 1.66. The summed E-state index contributed by atoms with van der Waals surface area (Å²) in [6.07, 6.45) is 0.353. The topological polar surface area (TPSA) is 89.6 Å². The normalized spacial score (nSPS) is 13.7. The molecule has 0 bridgehead atoms. The Morgan fingerprint density at radius 1 is 1.07 bits per heavy atom. The third-order valence-corrected chi connectivity index (χ3v) is 7.39. The molecule has 204 valence electrons. The van der Waals surface area contributed by atoms with Gasteiger partial charge in [0.25, 0.3) is 5.91 Å². The van der Waals surface area contributed by atoms with E-state index in [9.17, 15) is 14.0 Å². The fraction of sp³-hybridized carbons (Fsp3) is 0.258. The fourth-order valence-corrected chi connectivity index (χ4v) is 5.58. The zero-order valence-corrected chi connectivity index (χ0v) is 22.6. The number of halogens is 1. The van der Waals surface area contributed by atoms with Crippen molar-refractivity contribution in [2.45, 2.75) is 33.7 Å². The highest BCUT2D eigenvalue weighted by Crippen LogP contribution is 2.39. The fourth-order valence-electron chi connectivity index (χ4n) is 5.58. The molecule has 9 heteroatoms. The van der Waals surface area contributed by atoms with Gasteiger partial charge in [-0.1, -0.05) is 17.3 Å². The summed E-state index contributed by atoms with van der Waals surface area (Å²) in [4.78, 5) is 27.7. The van der Waals surface area contributed by atoms with Crippen LogP contribution < -0.4 is 10.2 Å². The van der Waals surface area contributed by atoms with Gasteiger partial charge in [0.1, 0.15) is 11.6 Å². The van der Waals surface area contributed by atoms with Gasteiger partial charge in [-0.2, -0.15) is 0 Å². The Bertz CT molecular complexity index is 1750. The predicted octanol–water partition coefficient (Wildman–Crippen LogP) is 6.35. The Labute approximate surface area is 230 Å². The lowest BCUT2D eigenvalue weighted by molar-refractivity contribution is 0.0957. The minimum absolute atomic E-state index is 0.204. The van der Waals surface area contributed by atoms with Crippen LogP contribution in [0, 0.1) is 19.7 Å². The van der Waals surface area contributed by atoms with Gasteiger partial charge in [0.05, 0.1) is 17.8 Å². The second-order valence-corrected chi connectivity index (χ2v) is 10.0. The monoisotopic (exact) mass is 540 g/mol. The molecule has 1 aliphatic heterocycles. The zero-order chi connectivity index (χ0) is 28.0. The number of nitrogens with one attached hydrogen (secondary N) is 1. The number of anilines is 1. The molecule has 1 saturated heterocycles. The minimum atomic E-state index is -0.384. The summed E-state index contributed by atoms with van der Waals surface area (Å²) in [6.45, 7) is 7.48. The average Bonchev–Trinajstić information content (AvgIpc) is 3.45. The van der Waals surface area contributed by atoms with Crippen molar-refractivity contribution in [1.82, 2.24) is 15.0 Å². The van der Waals surface area contributed by atoms with Crippen LogP contribution in [-0.2, 0) is 11.3 Å². The molecule has 1 N–H and O–H groups in total. The molecule has 0 unspecified atom stereocenters. The smallest absolute Gasteiger partial charge is 0.414 e. The van der Waals surface area contributed by atoms with Gasteiger partial charge < -0.3 is 19.1 Å². The summed E-state index contributed by atoms with van der Waals surface area (Å²) in [5.74, 6) is 0.152. The van der Waals surface area contributed by atoms with E-state index in [0.717, 1.165) is 50.6 Å². The first-order chi connectivity index (χ1) is 19.4. The van der Waals surface area contributed by atoms with Crippen molar-refractivity contribution in [3.05, 3.63) is 83.0 Å². The van der Waals surface area contributed by atoms with Gasteiger partial charge in [-0.25, -0.2) is 9.18 Å². The number of carbonyl (C=O) groups excluding carboxylic acids is 2. The second-order valence-electron chi connectivity index (χ2n) is 10.0. The number of aromatic nitrogens is 2. The first-order valence-corrected chi connectivity index (χ1v) is 13.4. The third-order valence-electron chi connectivity index (χ3n) is 7.39. The highest BCUT2D eigenvalue weighted by Gasteiger charge is 2.25. The Morgan fingerprint density at radius 2 is 1.88 bits per heavy atom. The van der Waals surface area contributed by atoms with Crippen LogP contribution in [0.25, 0.3) is 32.9 Å². The van der Waals surface area contributed by atoms with E-state index in [-0.39, 0.29) is 17.8 Å². The van der Waals surface area contributed by atoms with Crippen molar-refractivity contribution >= 4 is 39.5 Å². The molecule has 2 aromatic heterocycles. The number of hydrogen-bond acceptors (Lipinski definition) is 5. The number of benzene rings is 3. The molecule has 0 atom stereocenters. The molecule has 0 radical (unpaired) electrons. The molecule has 8 nitrogen and oxygen atoms in total. The predicted molar refractivity (Wildman–Crippen MR) is 151 cm³/mol. The lowest BCUT2D eigenvalue weighted by Crippen LogP contribution is -2.37. The van der Waals surface area contributed by atoms with Gasteiger partial charge in [0.15, 0.2) is 0 Å². The number of ether oxygens (including phenoxy) is 1. The van der Waals surface area contributed by atoms with Crippen LogP contribution in [0.3, 0.4) is 0 Å². The molecule has 3 aromatic carbocycles. The van der Waals surface area contributed by atoms with Crippen molar-refractivity contribution in [2.24, 2.45) is 0 Å². The quantitative estimate of drug-likeness (QED) is 0.271. The number of carbonyl (C=O) groups is 2. The van der Waals surface area contributed by atoms with Crippen LogP contribution in [0.15, 0.2) is 59.1 Å². The zero-order valence-electron chi connectivity index (χ0n) is 22.6. The maximum atomic E-state index is 13.7. The van der Waals surface area contributed by atoms with E-state index in [1.807, 2.05) is 51.1 Å². The molecule has 6 rings (SSSR count). The van der Waals surface area contributed by atoms with E-state index < -0.39 is 0 Å². The van der Waals surface area contributed by atoms with Crippen molar-refractivity contribution in [1.29, 1.82) is 0 Å². The van der Waals surface area contributed by atoms with Crippen LogP contribution in [0.2, 0.25) is 0 Å². The van der Waals surface area contributed by atoms with Gasteiger partial charge in [0, 0.05) is 52.7 Å². The number of fused-ring (bicyclic) bond motifs is 3. The average molecular weight is 541 g/mol. The van der Waals surface area contributed by atoms with Crippen molar-refractivity contribution in [2.75, 3.05) is 24.6 Å². The molecule has 3 heterocycles. The summed E-state index contributed by atoms with van der Waals surface area (Å²) < 4.78 is 26.6. The maximum Gasteiger partial charge on any atom is 0.414 e. The van der Waals surface area contributed by atoms with Crippen LogP contribution in [0.5, 0.6) is 0 Å². The van der Waals surface area contributed by atoms with E-state index in [1.165, 1.54) is 12.1 Å². The van der Waals surface area contributed by atoms with Gasteiger partial charge >= 0.3 is 6.09 Å². The Kier molecular flexibility index (Phi) is 6.50. The molecule has 1 aliphatic rings. The number of rotatable bonds is 6. The third kappa shape index (κ3) is 4.37. The summed E-state index contributed by atoms with van der Waals surface area (Å²) >= 11 is 0. The lowest BCUT2D eigenvalue weighted by Gasteiger charge is -2.26. The SMILES string of the molecule is CCNC(=O)c1cc(-c2c(C)noc2C)cc2c1c1cc(N3CCCOC3=O)ccc1n2Cc1ccc(F)cc1. The Hall–Kier alpha value is -4.66. The second kappa shape index (κ2) is 10.1. The van der Waals surface area contributed by atoms with Gasteiger partial charge in [0.2, 0.25) is 0 Å². The van der Waals surface area contributed by atoms with Crippen LogP contribution in [-0.4, -0.2) is 41.4 Å². The van der Waals surface area contributed by atoms with Crippen LogP contribution in [0.1, 0.15) is 40.7 Å². The van der Waals surface area contributed by atoms with E-state index in [0.29, 0.717) is 43.3 Å². The summed E-state index contributed by atoms with van der Waals surface area (Å²) in [7, 11) is 0. The van der Waals surface area contributed by atoms with Crippen LogP contribution >= 0.6 is 0 Å². The number of amides is 2. The summed E-state index contributed by atoms with van der Waals surface area (Å²) in [5.41, 5.74) is 6.21. The molecule has 2 amide bonds. The molecule has 40 heavy (non-hydrogen) atoms. The molecular weight excluding hydrogens is 511 g/mol. The first kappa shape index (κ1) is 25.6. The summed E-state index contributed by atoms with van der Waals surface area (Å²) in [6, 6.07) is 16.1. The highest BCUT2D eigenvalue weighted by molar-refractivity contribution is 6.20. The molecule has 1 fully saturated rings. The number of nitrogens with zero attached hydrogens (tertiary/aromatic N) is 3. The standard InChI is InChI=1S/C31H29FN4O4/c1-4-33-30(37)25-14-21(28-18(2)34-40-19(28)3)15-27-29(25)24-16-23(35-12-5-13-39-31(35)38)10-11-26(24)36(27)17-20-6-8-22(32)9-7-20/h6-11,14-16H,4-5,12-13,17H2,1-3H3,(H,33,37). The first-order valence-electron chi connectivity index (χ1n) is 13.4. The molecule has 0 spiro atoms. The Morgan fingerprint density at radius 3 is 2.58 bits per heavy atom. The molecular formula is C31H29FN4O4. The van der Waals surface area contributed by atoms with Gasteiger partial charge in [-0.05, 0) is 80.8 Å². The highest BCUT2D eigenvalue weighted by atomic mass is 19.1. The number of aryl methyl sites for hydroxylation is 2. The molecule has 0 saturated carbocycles. The maximum absolute atomic E-state index is 13.7. The van der Waals surface area contributed by atoms with Crippen molar-refractivity contribution < 1.29 is 23.2 Å². The number of cyclic esters (lactones) is 1. The van der Waals surface area contributed by atoms with E-state index in [2.05, 4.69) is 15.0 Å². The van der Waals surface area contributed by atoms with E-state index in [1.54, 1.807) is 17.0 Å². The van der Waals surface area contributed by atoms with Crippen molar-refractivity contribution in [3.8, 4) is 11.1 Å². The van der Waals surface area contributed by atoms with Crippen molar-refractivity contribution in [3.63, 3.8) is 0 Å². The van der Waals surface area contributed by atoms with Crippen LogP contribution in [0.4, 0.5) is 14.9 Å². The van der Waals surface area contributed by atoms with Gasteiger partial charge in [-0.15, -0.1) is 0 Å². The number of hydrogen-bond donors (Lipinski definition) is 1. The van der Waals surface area contributed by atoms with Gasteiger partial charge in [-0.3, -0.25) is 9.69 Å². The van der Waals surface area contributed by atoms with E-state index in [4.69, 9.17) is 9.26 Å².